The molecular formula is C21H29N3O5S. The van der Waals surface area contributed by atoms with Gasteiger partial charge in [0.05, 0.1) is 18.9 Å². The minimum Gasteiger partial charge on any atom is -0.490 e. The number of amides is 1. The number of carbonyl (C=O) groups is 1. The highest BCUT2D eigenvalue weighted by Gasteiger charge is 2.27. The van der Waals surface area contributed by atoms with Crippen molar-refractivity contribution in [3.8, 4) is 11.5 Å². The van der Waals surface area contributed by atoms with Gasteiger partial charge in [0.2, 0.25) is 5.91 Å². The Bertz CT molecular complexity index is 933. The highest BCUT2D eigenvalue weighted by atomic mass is 32.2. The molecule has 0 aliphatic rings. The van der Waals surface area contributed by atoms with E-state index in [1.54, 1.807) is 42.5 Å². The van der Waals surface area contributed by atoms with Crippen LogP contribution in [0.15, 0.2) is 48.5 Å². The van der Waals surface area contributed by atoms with Crippen LogP contribution in [0.4, 0.5) is 5.69 Å². The van der Waals surface area contributed by atoms with E-state index in [0.717, 1.165) is 14.2 Å². The predicted octanol–water partition coefficient (Wildman–Crippen LogP) is 2.41. The largest absolute Gasteiger partial charge is 0.490 e. The molecule has 1 amide bonds. The Morgan fingerprint density at radius 2 is 1.60 bits per heavy atom. The van der Waals surface area contributed by atoms with Crippen molar-refractivity contribution in [2.75, 3.05) is 38.2 Å². The molecule has 0 saturated heterocycles. The van der Waals surface area contributed by atoms with Crippen molar-refractivity contribution in [2.45, 2.75) is 20.4 Å². The molecule has 0 bridgehead atoms. The van der Waals surface area contributed by atoms with Crippen molar-refractivity contribution in [3.63, 3.8) is 0 Å². The lowest BCUT2D eigenvalue weighted by molar-refractivity contribution is -0.119. The normalized spacial score (nSPS) is 11.2. The van der Waals surface area contributed by atoms with Gasteiger partial charge < -0.3 is 14.8 Å². The van der Waals surface area contributed by atoms with E-state index in [4.69, 9.17) is 9.47 Å². The first kappa shape index (κ1) is 23.5. The first-order valence-electron chi connectivity index (χ1n) is 9.70. The molecule has 8 nitrogen and oxygen atoms in total. The third-order valence-corrected chi connectivity index (χ3v) is 5.99. The summed E-state index contributed by atoms with van der Waals surface area (Å²) < 4.78 is 38.7. The maximum absolute atomic E-state index is 12.7. The van der Waals surface area contributed by atoms with Gasteiger partial charge in [-0.2, -0.15) is 12.7 Å². The summed E-state index contributed by atoms with van der Waals surface area (Å²) in [5.74, 6) is 0.824. The fourth-order valence-electron chi connectivity index (χ4n) is 2.69. The minimum absolute atomic E-state index is 0.232. The Hall–Kier alpha value is -2.78. The van der Waals surface area contributed by atoms with Crippen LogP contribution in [-0.4, -0.2) is 52.5 Å². The Labute approximate surface area is 178 Å². The Kier molecular flexibility index (Phi) is 8.49. The van der Waals surface area contributed by atoms with E-state index in [2.05, 4.69) is 5.32 Å². The van der Waals surface area contributed by atoms with Crippen LogP contribution in [0.5, 0.6) is 11.5 Å². The molecule has 0 aromatic heterocycles. The van der Waals surface area contributed by atoms with E-state index in [1.165, 1.54) is 14.1 Å². The molecule has 1 N–H and O–H groups in total. The summed E-state index contributed by atoms with van der Waals surface area (Å²) in [6.45, 7) is 4.68. The average Bonchev–Trinajstić information content (AvgIpc) is 2.73. The van der Waals surface area contributed by atoms with Gasteiger partial charge in [-0.1, -0.05) is 24.3 Å². The van der Waals surface area contributed by atoms with E-state index >= 15 is 0 Å². The van der Waals surface area contributed by atoms with Crippen LogP contribution in [0.2, 0.25) is 0 Å². The van der Waals surface area contributed by atoms with Gasteiger partial charge >= 0.3 is 10.2 Å². The van der Waals surface area contributed by atoms with Gasteiger partial charge in [0, 0.05) is 20.6 Å². The Morgan fingerprint density at radius 3 is 2.20 bits per heavy atom. The number of para-hydroxylation sites is 1. The maximum Gasteiger partial charge on any atom is 0.304 e. The van der Waals surface area contributed by atoms with Gasteiger partial charge in [0.25, 0.3) is 0 Å². The van der Waals surface area contributed by atoms with Crippen LogP contribution < -0.4 is 19.1 Å². The van der Waals surface area contributed by atoms with Crippen LogP contribution in [0, 0.1) is 0 Å². The molecular weight excluding hydrogens is 406 g/mol. The van der Waals surface area contributed by atoms with Crippen LogP contribution in [0.1, 0.15) is 19.4 Å². The smallest absolute Gasteiger partial charge is 0.304 e. The number of hydrogen-bond donors (Lipinski definition) is 1. The molecule has 0 spiro atoms. The number of nitrogens with one attached hydrogen (secondary N) is 1. The quantitative estimate of drug-likeness (QED) is 0.586. The molecule has 2 aromatic carbocycles. The molecule has 0 unspecified atom stereocenters. The summed E-state index contributed by atoms with van der Waals surface area (Å²) in [5.41, 5.74) is 1.23. The van der Waals surface area contributed by atoms with E-state index in [0.29, 0.717) is 30.4 Å². The van der Waals surface area contributed by atoms with Gasteiger partial charge in [0.1, 0.15) is 6.54 Å². The second-order valence-corrected chi connectivity index (χ2v) is 8.62. The lowest BCUT2D eigenvalue weighted by Gasteiger charge is -2.26. The number of ether oxygens (including phenoxy) is 2. The molecule has 2 rings (SSSR count). The second kappa shape index (κ2) is 10.8. The molecule has 0 aliphatic carbocycles. The zero-order valence-electron chi connectivity index (χ0n) is 17.8. The summed E-state index contributed by atoms with van der Waals surface area (Å²) in [7, 11) is -0.969. The van der Waals surface area contributed by atoms with E-state index in [1.807, 2.05) is 19.9 Å². The number of anilines is 1. The number of nitrogens with zero attached hydrogens (tertiary/aromatic N) is 2. The summed E-state index contributed by atoms with van der Waals surface area (Å²) in [5, 5.41) is 2.77. The third-order valence-electron chi connectivity index (χ3n) is 4.17. The molecule has 2 aromatic rings. The number of hydrogen-bond acceptors (Lipinski definition) is 5. The second-order valence-electron chi connectivity index (χ2n) is 6.56. The Morgan fingerprint density at radius 1 is 0.967 bits per heavy atom. The number of benzene rings is 2. The molecule has 0 fully saturated rings. The summed E-state index contributed by atoms with van der Waals surface area (Å²) >= 11 is 0. The van der Waals surface area contributed by atoms with E-state index in [-0.39, 0.29) is 13.1 Å². The highest BCUT2D eigenvalue weighted by molar-refractivity contribution is 7.90. The van der Waals surface area contributed by atoms with Crippen molar-refractivity contribution in [1.29, 1.82) is 0 Å². The van der Waals surface area contributed by atoms with Crippen molar-refractivity contribution in [3.05, 3.63) is 54.1 Å². The lowest BCUT2D eigenvalue weighted by Crippen LogP contribution is -2.45. The molecule has 9 heteroatoms. The first-order valence-corrected chi connectivity index (χ1v) is 11.1. The van der Waals surface area contributed by atoms with Gasteiger partial charge in [-0.15, -0.1) is 0 Å². The van der Waals surface area contributed by atoms with Crippen LogP contribution in [0.3, 0.4) is 0 Å². The van der Waals surface area contributed by atoms with Crippen LogP contribution in [-0.2, 0) is 21.5 Å². The molecule has 0 aliphatic heterocycles. The predicted molar refractivity (Wildman–Crippen MR) is 117 cm³/mol. The SMILES string of the molecule is CCOc1ccc(CNC(=O)CN(c2ccccc2)S(=O)(=O)N(C)C)cc1OCC. The number of carbonyl (C=O) groups excluding carboxylic acids is 1. The van der Waals surface area contributed by atoms with Crippen LogP contribution in [0.25, 0.3) is 0 Å². The lowest BCUT2D eigenvalue weighted by atomic mass is 10.2. The standard InChI is InChI=1S/C21H29N3O5S/c1-5-28-19-13-12-17(14-20(19)29-6-2)15-22-21(25)16-24(30(26,27)23(3)4)18-10-8-7-9-11-18/h7-14H,5-6,15-16H2,1-4H3,(H,22,25). The zero-order chi connectivity index (χ0) is 22.1. The van der Waals surface area contributed by atoms with Crippen molar-refractivity contribution >= 4 is 21.8 Å². The molecule has 0 atom stereocenters. The highest BCUT2D eigenvalue weighted by Crippen LogP contribution is 2.28. The summed E-state index contributed by atoms with van der Waals surface area (Å²) in [4.78, 5) is 12.6. The topological polar surface area (TPSA) is 88.2 Å². The van der Waals surface area contributed by atoms with Crippen molar-refractivity contribution in [2.24, 2.45) is 0 Å². The Balaban J connectivity index is 2.12. The molecule has 30 heavy (non-hydrogen) atoms. The summed E-state index contributed by atoms with van der Waals surface area (Å²) in [6, 6.07) is 14.0. The zero-order valence-corrected chi connectivity index (χ0v) is 18.6. The monoisotopic (exact) mass is 435 g/mol. The molecule has 0 radical (unpaired) electrons. The van der Waals surface area contributed by atoms with E-state index < -0.39 is 16.1 Å². The molecule has 0 heterocycles. The van der Waals surface area contributed by atoms with Gasteiger partial charge in [0.15, 0.2) is 11.5 Å². The fourth-order valence-corrected chi connectivity index (χ4v) is 3.75. The van der Waals surface area contributed by atoms with Gasteiger partial charge in [-0.3, -0.25) is 4.79 Å². The van der Waals surface area contributed by atoms with Crippen molar-refractivity contribution in [1.82, 2.24) is 9.62 Å². The first-order chi connectivity index (χ1) is 14.3. The van der Waals surface area contributed by atoms with Gasteiger partial charge in [-0.25, -0.2) is 4.31 Å². The van der Waals surface area contributed by atoms with E-state index in [9.17, 15) is 13.2 Å². The third kappa shape index (κ3) is 6.11. The van der Waals surface area contributed by atoms with Crippen LogP contribution >= 0.6 is 0 Å². The molecule has 164 valence electrons. The maximum atomic E-state index is 12.7. The van der Waals surface area contributed by atoms with Gasteiger partial charge in [-0.05, 0) is 43.7 Å². The number of rotatable bonds is 11. The molecule has 0 saturated carbocycles. The summed E-state index contributed by atoms with van der Waals surface area (Å²) in [6.07, 6.45) is 0. The fraction of sp³-hybridized carbons (Fsp3) is 0.381. The average molecular weight is 436 g/mol. The minimum atomic E-state index is -3.83. The van der Waals surface area contributed by atoms with Crippen molar-refractivity contribution < 1.29 is 22.7 Å².